The number of amides is 1. The van der Waals surface area contributed by atoms with Crippen molar-refractivity contribution in [3.05, 3.63) is 64.6 Å². The van der Waals surface area contributed by atoms with Crippen LogP contribution in [0.1, 0.15) is 10.4 Å². The summed E-state index contributed by atoms with van der Waals surface area (Å²) in [6, 6.07) is 13.9. The molecule has 1 amide bonds. The molecule has 1 atom stereocenters. The Hall–Kier alpha value is -0.790. The van der Waals surface area contributed by atoms with Gasteiger partial charge in [-0.3, -0.25) is 4.79 Å². The third-order valence-electron chi connectivity index (χ3n) is 3.05. The average molecular weight is 472 g/mol. The summed E-state index contributed by atoms with van der Waals surface area (Å²) in [4.78, 5) is 12.2. The van der Waals surface area contributed by atoms with Gasteiger partial charge in [-0.05, 0) is 36.4 Å². The standard InChI is InChI=1S/C15H11BrCl3NO3S/c16-11-6-8-12(9-7-11)24(22,23)14(15(17,18)19)20-13(21)10-4-2-1-3-5-10/h1-9,14H,(H,20,21)/t14-/m0/s1. The first-order valence-electron chi connectivity index (χ1n) is 6.54. The maximum absolute atomic E-state index is 12.8. The fourth-order valence-electron chi connectivity index (χ4n) is 1.89. The highest BCUT2D eigenvalue weighted by atomic mass is 79.9. The van der Waals surface area contributed by atoms with Crippen LogP contribution in [-0.4, -0.2) is 23.5 Å². The molecule has 0 aliphatic rings. The fraction of sp³-hybridized carbons (Fsp3) is 0.133. The Bertz CT molecular complexity index is 821. The molecule has 9 heteroatoms. The van der Waals surface area contributed by atoms with E-state index in [2.05, 4.69) is 21.2 Å². The van der Waals surface area contributed by atoms with E-state index in [1.54, 1.807) is 30.3 Å². The number of hydrogen-bond acceptors (Lipinski definition) is 3. The minimum absolute atomic E-state index is 0.0737. The van der Waals surface area contributed by atoms with Crippen molar-refractivity contribution in [1.82, 2.24) is 5.32 Å². The molecule has 0 aliphatic carbocycles. The van der Waals surface area contributed by atoms with Crippen molar-refractivity contribution in [3.8, 4) is 0 Å². The number of hydrogen-bond donors (Lipinski definition) is 1. The monoisotopic (exact) mass is 469 g/mol. The molecular weight excluding hydrogens is 460 g/mol. The van der Waals surface area contributed by atoms with E-state index in [1.165, 1.54) is 24.3 Å². The highest BCUT2D eigenvalue weighted by Gasteiger charge is 2.44. The molecule has 0 bridgehead atoms. The molecule has 0 spiro atoms. The molecule has 1 N–H and O–H groups in total. The van der Waals surface area contributed by atoms with E-state index in [-0.39, 0.29) is 10.5 Å². The second-order valence-electron chi connectivity index (χ2n) is 4.76. The van der Waals surface area contributed by atoms with Gasteiger partial charge in [-0.2, -0.15) is 0 Å². The van der Waals surface area contributed by atoms with Crippen LogP contribution >= 0.6 is 50.7 Å². The topological polar surface area (TPSA) is 63.2 Å². The van der Waals surface area contributed by atoms with Gasteiger partial charge in [0, 0.05) is 10.0 Å². The predicted octanol–water partition coefficient (Wildman–Crippen LogP) is 4.35. The van der Waals surface area contributed by atoms with Gasteiger partial charge in [0.15, 0.2) is 5.37 Å². The number of sulfone groups is 1. The SMILES string of the molecule is O=C(N[C@H](C(Cl)(Cl)Cl)S(=O)(=O)c1ccc(Br)cc1)c1ccccc1. The zero-order valence-electron chi connectivity index (χ0n) is 11.9. The molecule has 24 heavy (non-hydrogen) atoms. The Balaban J connectivity index is 2.39. The zero-order valence-corrected chi connectivity index (χ0v) is 16.6. The highest BCUT2D eigenvalue weighted by Crippen LogP contribution is 2.36. The molecule has 2 aromatic carbocycles. The minimum atomic E-state index is -4.13. The molecule has 2 aromatic rings. The fourth-order valence-corrected chi connectivity index (χ4v) is 4.77. The van der Waals surface area contributed by atoms with Gasteiger partial charge in [0.1, 0.15) is 0 Å². The zero-order chi connectivity index (χ0) is 18.0. The summed E-state index contributed by atoms with van der Waals surface area (Å²) < 4.78 is 24.0. The molecule has 0 aliphatic heterocycles. The van der Waals surface area contributed by atoms with E-state index in [1.807, 2.05) is 0 Å². The van der Waals surface area contributed by atoms with Gasteiger partial charge in [0.05, 0.1) is 4.90 Å². The molecule has 0 unspecified atom stereocenters. The molecule has 0 saturated heterocycles. The Kier molecular flexibility index (Phi) is 6.20. The second kappa shape index (κ2) is 7.62. The summed E-state index contributed by atoms with van der Waals surface area (Å²) in [5.74, 6) is -0.660. The van der Waals surface area contributed by atoms with E-state index in [9.17, 15) is 13.2 Å². The lowest BCUT2D eigenvalue weighted by molar-refractivity contribution is 0.0948. The molecule has 0 radical (unpaired) electrons. The van der Waals surface area contributed by atoms with Crippen LogP contribution in [0.25, 0.3) is 0 Å². The van der Waals surface area contributed by atoms with Crippen LogP contribution in [0.2, 0.25) is 0 Å². The van der Waals surface area contributed by atoms with Gasteiger partial charge in [-0.25, -0.2) is 8.42 Å². The second-order valence-corrected chi connectivity index (χ2v) is 10.1. The van der Waals surface area contributed by atoms with Gasteiger partial charge in [-0.1, -0.05) is 68.9 Å². The minimum Gasteiger partial charge on any atom is -0.332 e. The maximum atomic E-state index is 12.8. The quantitative estimate of drug-likeness (QED) is 0.675. The summed E-state index contributed by atoms with van der Waals surface area (Å²) >= 11 is 20.7. The van der Waals surface area contributed by atoms with Crippen LogP contribution < -0.4 is 5.32 Å². The van der Waals surface area contributed by atoms with Gasteiger partial charge in [0.25, 0.3) is 5.91 Å². The van der Waals surface area contributed by atoms with E-state index in [0.717, 1.165) is 0 Å². The Morgan fingerprint density at radius 3 is 2.04 bits per heavy atom. The van der Waals surface area contributed by atoms with Crippen molar-refractivity contribution >= 4 is 66.5 Å². The van der Waals surface area contributed by atoms with Crippen molar-refractivity contribution in [2.24, 2.45) is 0 Å². The highest BCUT2D eigenvalue weighted by molar-refractivity contribution is 9.10. The van der Waals surface area contributed by atoms with Crippen LogP contribution in [0.15, 0.2) is 64.0 Å². The number of halogens is 4. The number of benzene rings is 2. The third-order valence-corrected chi connectivity index (χ3v) is 6.64. The Morgan fingerprint density at radius 2 is 1.54 bits per heavy atom. The first kappa shape index (κ1) is 19.5. The maximum Gasteiger partial charge on any atom is 0.252 e. The smallest absolute Gasteiger partial charge is 0.252 e. The van der Waals surface area contributed by atoms with E-state index >= 15 is 0 Å². The molecular formula is C15H11BrCl3NO3S. The summed E-state index contributed by atoms with van der Waals surface area (Å²) in [7, 11) is -4.13. The van der Waals surface area contributed by atoms with Crippen molar-refractivity contribution in [2.45, 2.75) is 14.1 Å². The lowest BCUT2D eigenvalue weighted by atomic mass is 10.2. The van der Waals surface area contributed by atoms with Crippen LogP contribution in [0.3, 0.4) is 0 Å². The number of nitrogens with one attached hydrogen (secondary N) is 1. The van der Waals surface area contributed by atoms with Crippen LogP contribution in [0.5, 0.6) is 0 Å². The van der Waals surface area contributed by atoms with Crippen LogP contribution in [0.4, 0.5) is 0 Å². The molecule has 4 nitrogen and oxygen atoms in total. The Morgan fingerprint density at radius 1 is 1.00 bits per heavy atom. The van der Waals surface area contributed by atoms with Crippen LogP contribution in [0, 0.1) is 0 Å². The predicted molar refractivity (Wildman–Crippen MR) is 99.3 cm³/mol. The van der Waals surface area contributed by atoms with Gasteiger partial charge < -0.3 is 5.32 Å². The van der Waals surface area contributed by atoms with Gasteiger partial charge in [-0.15, -0.1) is 0 Å². The largest absolute Gasteiger partial charge is 0.332 e. The molecule has 0 saturated carbocycles. The van der Waals surface area contributed by atoms with E-state index in [4.69, 9.17) is 34.8 Å². The Labute approximate surface area is 163 Å². The van der Waals surface area contributed by atoms with Crippen molar-refractivity contribution in [2.75, 3.05) is 0 Å². The van der Waals surface area contributed by atoms with E-state index < -0.39 is 24.9 Å². The summed E-state index contributed by atoms with van der Waals surface area (Å²) in [6.07, 6.45) is 0. The molecule has 2 rings (SSSR count). The summed E-state index contributed by atoms with van der Waals surface area (Å²) in [6.45, 7) is 0. The van der Waals surface area contributed by atoms with E-state index in [0.29, 0.717) is 4.47 Å². The lowest BCUT2D eigenvalue weighted by Crippen LogP contribution is -2.49. The third kappa shape index (κ3) is 4.64. The number of carbonyl (C=O) groups excluding carboxylic acids is 1. The van der Waals surface area contributed by atoms with Crippen molar-refractivity contribution in [3.63, 3.8) is 0 Å². The number of carbonyl (C=O) groups is 1. The normalized spacial score (nSPS) is 13.3. The molecule has 0 heterocycles. The number of rotatable bonds is 4. The average Bonchev–Trinajstić information content (AvgIpc) is 2.52. The first-order valence-corrected chi connectivity index (χ1v) is 10.0. The molecule has 0 fully saturated rings. The molecule has 0 aromatic heterocycles. The lowest BCUT2D eigenvalue weighted by Gasteiger charge is -2.25. The number of alkyl halides is 3. The summed E-state index contributed by atoms with van der Waals surface area (Å²) in [5.41, 5.74) is 0.253. The molecule has 128 valence electrons. The van der Waals surface area contributed by atoms with Crippen molar-refractivity contribution in [1.29, 1.82) is 0 Å². The van der Waals surface area contributed by atoms with Gasteiger partial charge >= 0.3 is 0 Å². The first-order chi connectivity index (χ1) is 11.1. The van der Waals surface area contributed by atoms with Crippen molar-refractivity contribution < 1.29 is 13.2 Å². The summed E-state index contributed by atoms with van der Waals surface area (Å²) in [5, 5.41) is 0.546. The van der Waals surface area contributed by atoms with Crippen LogP contribution in [-0.2, 0) is 9.84 Å². The van der Waals surface area contributed by atoms with Gasteiger partial charge in [0.2, 0.25) is 13.6 Å².